The third kappa shape index (κ3) is 8.61. The summed E-state index contributed by atoms with van der Waals surface area (Å²) in [5.41, 5.74) is -0.0476. The molecule has 2 atom stereocenters. The van der Waals surface area contributed by atoms with E-state index in [4.69, 9.17) is 14.2 Å². The predicted octanol–water partition coefficient (Wildman–Crippen LogP) is 6.29. The van der Waals surface area contributed by atoms with Gasteiger partial charge in [-0.2, -0.15) is 13.2 Å². The quantitative estimate of drug-likeness (QED) is 0.170. The number of esters is 1. The highest BCUT2D eigenvalue weighted by Crippen LogP contribution is 2.33. The van der Waals surface area contributed by atoms with Crippen LogP contribution < -0.4 is 15.0 Å². The minimum absolute atomic E-state index is 0.0220. The van der Waals surface area contributed by atoms with Crippen molar-refractivity contribution < 1.29 is 51.3 Å². The van der Waals surface area contributed by atoms with Gasteiger partial charge in [0.2, 0.25) is 0 Å². The summed E-state index contributed by atoms with van der Waals surface area (Å²) in [7, 11) is 2.55. The fourth-order valence-corrected chi connectivity index (χ4v) is 5.22. The van der Waals surface area contributed by atoms with Gasteiger partial charge in [0.05, 0.1) is 55.8 Å². The van der Waals surface area contributed by atoms with Gasteiger partial charge in [0.25, 0.3) is 0 Å². The molecule has 2 heterocycles. The van der Waals surface area contributed by atoms with Crippen molar-refractivity contribution in [1.29, 1.82) is 0 Å². The second-order valence-corrected chi connectivity index (χ2v) is 12.0. The third-order valence-corrected chi connectivity index (χ3v) is 7.40. The number of carbonyl (C=O) groups excluding carboxylic acids is 2. The average Bonchev–Trinajstić information content (AvgIpc) is 3.35. The number of methoxy groups -OCH3 is 2. The van der Waals surface area contributed by atoms with Crippen molar-refractivity contribution in [1.82, 2.24) is 9.47 Å². The number of carbonyl (C=O) groups is 3. The average molecular weight is 677 g/mol. The van der Waals surface area contributed by atoms with Crippen molar-refractivity contribution in [3.8, 4) is 17.6 Å². The van der Waals surface area contributed by atoms with Crippen LogP contribution in [-0.2, 0) is 16.0 Å². The van der Waals surface area contributed by atoms with E-state index >= 15 is 0 Å². The molecule has 258 valence electrons. The maximum Gasteiger partial charge on any atom is 0.415 e. The Morgan fingerprint density at radius 1 is 1.10 bits per heavy atom. The fourth-order valence-electron chi connectivity index (χ4n) is 5.22. The van der Waals surface area contributed by atoms with Crippen LogP contribution in [0.25, 0.3) is 10.9 Å². The van der Waals surface area contributed by atoms with E-state index in [1.165, 1.54) is 50.6 Å². The Labute approximate surface area is 274 Å². The molecular weight excluding hydrogens is 640 g/mol. The number of alkyl halides is 4. The van der Waals surface area contributed by atoms with Crippen LogP contribution in [0.4, 0.5) is 38.5 Å². The lowest BCUT2D eigenvalue weighted by Gasteiger charge is -2.34. The number of hydrogen-bond donors (Lipinski definition) is 2. The van der Waals surface area contributed by atoms with E-state index in [0.29, 0.717) is 11.1 Å². The molecule has 1 aliphatic heterocycles. The van der Waals surface area contributed by atoms with E-state index in [1.807, 2.05) is 0 Å². The monoisotopic (exact) mass is 676 g/mol. The van der Waals surface area contributed by atoms with Crippen LogP contribution in [0.5, 0.6) is 5.75 Å². The minimum Gasteiger partial charge on any atom is -0.495 e. The topological polar surface area (TPSA) is 123 Å². The first-order valence-corrected chi connectivity index (χ1v) is 14.8. The maximum atomic E-state index is 14.9. The number of fused-ring (bicyclic) bond motifs is 1. The number of hydrogen-bond acceptors (Lipinski definition) is 7. The lowest BCUT2D eigenvalue weighted by molar-refractivity contribution is -0.140. The molecule has 1 fully saturated rings. The van der Waals surface area contributed by atoms with Crippen LogP contribution in [0.3, 0.4) is 0 Å². The Kier molecular flexibility index (Phi) is 10.7. The number of anilines is 2. The number of amides is 2. The zero-order valence-corrected chi connectivity index (χ0v) is 27.0. The minimum atomic E-state index is -4.61. The van der Waals surface area contributed by atoms with Crippen LogP contribution >= 0.6 is 0 Å². The zero-order chi connectivity index (χ0) is 35.4. The summed E-state index contributed by atoms with van der Waals surface area (Å²) in [5, 5.41) is 12.6. The highest BCUT2D eigenvalue weighted by atomic mass is 19.4. The van der Waals surface area contributed by atoms with Crippen molar-refractivity contribution in [2.24, 2.45) is 0 Å². The van der Waals surface area contributed by atoms with Crippen molar-refractivity contribution in [2.75, 3.05) is 44.1 Å². The standard InChI is InChI=1S/C33H36F4N4O7/c1-32(2,3)48-31(45)40(27-12-11-20(29(42)47-5)16-28(27)46-4)14-7-8-21-17-22-24(9-6-10-26(22)41(21)19-33(35,36)37)38-25-13-15-39(30(43)44)18-23(25)34/h6,9-12,16-17,23,25,38H,13-15,18-19H2,1-5H3,(H,43,44)/t23-,25-/m0/s1. The molecule has 0 aliphatic carbocycles. The summed E-state index contributed by atoms with van der Waals surface area (Å²) in [6, 6.07) is 9.51. The number of piperidine rings is 1. The number of benzene rings is 2. The first-order valence-electron chi connectivity index (χ1n) is 14.8. The number of rotatable bonds is 7. The molecular formula is C33H36F4N4O7. The first-order chi connectivity index (χ1) is 22.5. The van der Waals surface area contributed by atoms with Gasteiger partial charge in [0.15, 0.2) is 0 Å². The molecule has 15 heteroatoms. The molecule has 0 saturated carbocycles. The number of nitrogens with one attached hydrogen (secondary N) is 1. The first kappa shape index (κ1) is 35.7. The predicted molar refractivity (Wildman–Crippen MR) is 169 cm³/mol. The summed E-state index contributed by atoms with van der Waals surface area (Å²) in [4.78, 5) is 38.8. The molecule has 0 spiro atoms. The molecule has 0 radical (unpaired) electrons. The molecule has 1 aromatic heterocycles. The van der Waals surface area contributed by atoms with Gasteiger partial charge in [-0.3, -0.25) is 4.90 Å². The normalized spacial score (nSPS) is 16.5. The van der Waals surface area contributed by atoms with E-state index in [-0.39, 0.29) is 54.3 Å². The Hall–Kier alpha value is -5.13. The number of carboxylic acid groups (broad SMARTS) is 1. The summed E-state index contributed by atoms with van der Waals surface area (Å²) in [6.07, 6.45) is -8.05. The van der Waals surface area contributed by atoms with Crippen molar-refractivity contribution in [3.05, 3.63) is 53.7 Å². The van der Waals surface area contributed by atoms with Gasteiger partial charge in [0, 0.05) is 17.6 Å². The molecule has 2 aromatic carbocycles. The molecule has 2 N–H and O–H groups in total. The SMILES string of the molecule is COC(=O)c1ccc(N(CC#Cc2cc3c(N[C@H]4CCN(C(=O)O)C[C@@H]4F)cccc3n2CC(F)(F)F)C(=O)OC(C)(C)C)c(OC)c1. The second-order valence-electron chi connectivity index (χ2n) is 12.0. The Morgan fingerprint density at radius 2 is 1.83 bits per heavy atom. The Bertz CT molecular complexity index is 1740. The van der Waals surface area contributed by atoms with Crippen LogP contribution in [0, 0.1) is 11.8 Å². The molecule has 2 amide bonds. The number of ether oxygens (including phenoxy) is 3. The Morgan fingerprint density at radius 3 is 2.44 bits per heavy atom. The van der Waals surface area contributed by atoms with E-state index in [0.717, 1.165) is 14.4 Å². The lowest BCUT2D eigenvalue weighted by Crippen LogP contribution is -2.49. The molecule has 11 nitrogen and oxygen atoms in total. The summed E-state index contributed by atoms with van der Waals surface area (Å²) in [6.45, 7) is 3.04. The van der Waals surface area contributed by atoms with E-state index < -0.39 is 48.7 Å². The Balaban J connectivity index is 1.72. The number of aromatic nitrogens is 1. The maximum absolute atomic E-state index is 14.9. The van der Waals surface area contributed by atoms with Crippen LogP contribution in [0.15, 0.2) is 42.5 Å². The smallest absolute Gasteiger partial charge is 0.415 e. The molecule has 1 aliphatic rings. The van der Waals surface area contributed by atoms with E-state index in [1.54, 1.807) is 26.8 Å². The van der Waals surface area contributed by atoms with Crippen molar-refractivity contribution in [2.45, 2.75) is 57.7 Å². The van der Waals surface area contributed by atoms with Gasteiger partial charge >= 0.3 is 24.3 Å². The van der Waals surface area contributed by atoms with Crippen molar-refractivity contribution in [3.63, 3.8) is 0 Å². The number of nitrogens with zero attached hydrogens (tertiary/aromatic N) is 3. The lowest BCUT2D eigenvalue weighted by atomic mass is 10.0. The largest absolute Gasteiger partial charge is 0.495 e. The molecule has 1 saturated heterocycles. The van der Waals surface area contributed by atoms with Crippen molar-refractivity contribution >= 4 is 40.4 Å². The van der Waals surface area contributed by atoms with Gasteiger partial charge < -0.3 is 34.1 Å². The summed E-state index contributed by atoms with van der Waals surface area (Å²) < 4.78 is 73.0. The second kappa shape index (κ2) is 14.3. The van der Waals surface area contributed by atoms with Crippen LogP contribution in [0.1, 0.15) is 43.2 Å². The molecule has 3 aromatic rings. The molecule has 0 bridgehead atoms. The van der Waals surface area contributed by atoms with Gasteiger partial charge in [-0.05, 0) is 69.5 Å². The third-order valence-electron chi connectivity index (χ3n) is 7.40. The molecule has 48 heavy (non-hydrogen) atoms. The van der Waals surface area contributed by atoms with Gasteiger partial charge in [-0.25, -0.2) is 18.8 Å². The summed E-state index contributed by atoms with van der Waals surface area (Å²) >= 11 is 0. The zero-order valence-electron chi connectivity index (χ0n) is 27.0. The van der Waals surface area contributed by atoms with Gasteiger partial charge in [-0.1, -0.05) is 12.0 Å². The van der Waals surface area contributed by atoms with Gasteiger partial charge in [-0.15, -0.1) is 0 Å². The highest BCUT2D eigenvalue weighted by Gasteiger charge is 2.33. The molecule has 0 unspecified atom stereocenters. The van der Waals surface area contributed by atoms with Gasteiger partial charge in [0.1, 0.15) is 24.1 Å². The highest BCUT2D eigenvalue weighted by molar-refractivity contribution is 5.95. The molecule has 4 rings (SSSR count). The van der Waals surface area contributed by atoms with E-state index in [9.17, 15) is 37.1 Å². The number of halogens is 4. The van der Waals surface area contributed by atoms with Crippen LogP contribution in [-0.4, -0.2) is 90.6 Å². The fraction of sp³-hybridized carbons (Fsp3) is 0.424. The van der Waals surface area contributed by atoms with E-state index in [2.05, 4.69) is 17.2 Å². The summed E-state index contributed by atoms with van der Waals surface area (Å²) in [5.74, 6) is 5.01. The number of likely N-dealkylation sites (tertiary alicyclic amines) is 1. The van der Waals surface area contributed by atoms with Crippen LogP contribution in [0.2, 0.25) is 0 Å².